The van der Waals surface area contributed by atoms with Crippen molar-refractivity contribution in [1.82, 2.24) is 9.97 Å². The number of para-hydroxylation sites is 1. The van der Waals surface area contributed by atoms with Crippen LogP contribution in [0.1, 0.15) is 26.1 Å². The first kappa shape index (κ1) is 11.4. The Hall–Kier alpha value is -1.06. The summed E-state index contributed by atoms with van der Waals surface area (Å²) < 4.78 is 5.51. The molecule has 0 aliphatic heterocycles. The fourth-order valence-corrected chi connectivity index (χ4v) is 1.87. The van der Waals surface area contributed by atoms with Crippen LogP contribution >= 0.6 is 11.6 Å². The lowest BCUT2D eigenvalue weighted by Crippen LogP contribution is -2.24. The van der Waals surface area contributed by atoms with Crippen LogP contribution in [-0.2, 0) is 10.3 Å². The topological polar surface area (TPSA) is 37.9 Å². The van der Waals surface area contributed by atoms with Crippen LogP contribution in [0.15, 0.2) is 18.2 Å². The molecule has 4 heteroatoms. The zero-order valence-corrected chi connectivity index (χ0v) is 10.4. The van der Waals surface area contributed by atoms with Gasteiger partial charge in [0.25, 0.3) is 0 Å². The monoisotopic (exact) mass is 238 g/mol. The summed E-state index contributed by atoms with van der Waals surface area (Å²) in [6, 6.07) is 5.71. The number of ether oxygens (including phenoxy) is 1. The van der Waals surface area contributed by atoms with Crippen LogP contribution in [-0.4, -0.2) is 17.1 Å². The van der Waals surface area contributed by atoms with E-state index in [1.165, 1.54) is 0 Å². The highest BCUT2D eigenvalue weighted by molar-refractivity contribution is 6.34. The average Bonchev–Trinajstić information content (AvgIpc) is 2.74. The molecule has 3 nitrogen and oxygen atoms in total. The summed E-state index contributed by atoms with van der Waals surface area (Å²) in [7, 11) is 1.69. The molecule has 0 bridgehead atoms. The predicted molar refractivity (Wildman–Crippen MR) is 65.8 cm³/mol. The van der Waals surface area contributed by atoms with Gasteiger partial charge in [-0.3, -0.25) is 0 Å². The van der Waals surface area contributed by atoms with Crippen LogP contribution in [0, 0.1) is 0 Å². The molecule has 1 atom stereocenters. The van der Waals surface area contributed by atoms with Gasteiger partial charge in [0, 0.05) is 7.11 Å². The van der Waals surface area contributed by atoms with E-state index < -0.39 is 0 Å². The molecule has 0 saturated carbocycles. The molecule has 0 aliphatic rings. The standard InChI is InChI=1S/C12H15ClN2O/c1-4-12(2,16-3)11-14-9-7-5-6-8(13)10(9)15-11/h5-7H,4H2,1-3H3,(H,14,15). The molecule has 0 spiro atoms. The number of fused-ring (bicyclic) bond motifs is 1. The summed E-state index contributed by atoms with van der Waals surface area (Å²) in [5, 5.41) is 0.662. The van der Waals surface area contributed by atoms with Gasteiger partial charge in [-0.2, -0.15) is 0 Å². The first-order chi connectivity index (χ1) is 7.60. The Labute approximate surface area is 99.8 Å². The average molecular weight is 239 g/mol. The molecule has 1 aromatic carbocycles. The number of halogens is 1. The van der Waals surface area contributed by atoms with Gasteiger partial charge in [-0.15, -0.1) is 0 Å². The van der Waals surface area contributed by atoms with E-state index in [2.05, 4.69) is 16.9 Å². The Morgan fingerprint density at radius 3 is 2.81 bits per heavy atom. The first-order valence-corrected chi connectivity index (χ1v) is 5.68. The normalized spacial score (nSPS) is 15.2. The van der Waals surface area contributed by atoms with Crippen molar-refractivity contribution in [2.45, 2.75) is 25.9 Å². The molecule has 0 saturated heterocycles. The Balaban J connectivity index is 2.59. The third kappa shape index (κ3) is 1.70. The molecule has 0 fully saturated rings. The van der Waals surface area contributed by atoms with Crippen molar-refractivity contribution in [3.8, 4) is 0 Å². The maximum absolute atomic E-state index is 6.08. The zero-order chi connectivity index (χ0) is 11.8. The minimum absolute atomic E-state index is 0.387. The van der Waals surface area contributed by atoms with Crippen molar-refractivity contribution in [3.05, 3.63) is 29.0 Å². The van der Waals surface area contributed by atoms with Gasteiger partial charge in [-0.1, -0.05) is 24.6 Å². The third-order valence-electron chi connectivity index (χ3n) is 3.09. The van der Waals surface area contributed by atoms with E-state index in [1.54, 1.807) is 7.11 Å². The van der Waals surface area contributed by atoms with Gasteiger partial charge in [-0.25, -0.2) is 4.98 Å². The third-order valence-corrected chi connectivity index (χ3v) is 3.39. The molecule has 16 heavy (non-hydrogen) atoms. The number of nitrogens with zero attached hydrogens (tertiary/aromatic N) is 1. The number of aromatic nitrogens is 2. The lowest BCUT2D eigenvalue weighted by Gasteiger charge is -2.23. The van der Waals surface area contributed by atoms with Crippen LogP contribution in [0.3, 0.4) is 0 Å². The summed E-state index contributed by atoms with van der Waals surface area (Å²) in [4.78, 5) is 7.77. The van der Waals surface area contributed by atoms with Gasteiger partial charge in [0.15, 0.2) is 0 Å². The molecule has 1 N–H and O–H groups in total. The van der Waals surface area contributed by atoms with Crippen molar-refractivity contribution in [2.75, 3.05) is 7.11 Å². The Kier molecular flexibility index (Phi) is 2.91. The van der Waals surface area contributed by atoms with Crippen molar-refractivity contribution in [2.24, 2.45) is 0 Å². The van der Waals surface area contributed by atoms with Crippen molar-refractivity contribution < 1.29 is 4.74 Å². The number of hydrogen-bond acceptors (Lipinski definition) is 2. The van der Waals surface area contributed by atoms with Gasteiger partial charge in [-0.05, 0) is 25.5 Å². The number of imidazole rings is 1. The number of nitrogens with one attached hydrogen (secondary N) is 1. The molecule has 2 rings (SSSR count). The minimum Gasteiger partial charge on any atom is -0.371 e. The first-order valence-electron chi connectivity index (χ1n) is 5.30. The molecule has 1 aromatic heterocycles. The Morgan fingerprint density at radius 1 is 1.50 bits per heavy atom. The molecular formula is C12H15ClN2O. The Morgan fingerprint density at radius 2 is 2.25 bits per heavy atom. The van der Waals surface area contributed by atoms with Gasteiger partial charge >= 0.3 is 0 Å². The van der Waals surface area contributed by atoms with Crippen molar-refractivity contribution in [3.63, 3.8) is 0 Å². The smallest absolute Gasteiger partial charge is 0.139 e. The number of rotatable bonds is 3. The second-order valence-electron chi connectivity index (χ2n) is 4.01. The number of aromatic amines is 1. The highest BCUT2D eigenvalue weighted by Crippen LogP contribution is 2.29. The van der Waals surface area contributed by atoms with E-state index in [0.717, 1.165) is 23.3 Å². The van der Waals surface area contributed by atoms with E-state index in [9.17, 15) is 0 Å². The SMILES string of the molecule is CCC(C)(OC)c1nc2c(Cl)cccc2[nH]1. The van der Waals surface area contributed by atoms with Gasteiger partial charge in [0.2, 0.25) is 0 Å². The van der Waals surface area contributed by atoms with Crippen LogP contribution in [0.25, 0.3) is 11.0 Å². The number of hydrogen-bond donors (Lipinski definition) is 1. The number of H-pyrrole nitrogens is 1. The molecule has 1 unspecified atom stereocenters. The highest BCUT2D eigenvalue weighted by Gasteiger charge is 2.27. The maximum Gasteiger partial charge on any atom is 0.139 e. The molecule has 0 radical (unpaired) electrons. The van der Waals surface area contributed by atoms with Gasteiger partial charge in [0.1, 0.15) is 16.9 Å². The van der Waals surface area contributed by atoms with Crippen molar-refractivity contribution >= 4 is 22.6 Å². The molecule has 2 aromatic rings. The number of benzene rings is 1. The quantitative estimate of drug-likeness (QED) is 0.889. The molecule has 0 amide bonds. The molecule has 86 valence electrons. The predicted octanol–water partition coefficient (Wildman–Crippen LogP) is 3.49. The van der Waals surface area contributed by atoms with Crippen LogP contribution in [0.5, 0.6) is 0 Å². The van der Waals surface area contributed by atoms with E-state index in [1.807, 2.05) is 25.1 Å². The molecule has 0 aliphatic carbocycles. The highest BCUT2D eigenvalue weighted by atomic mass is 35.5. The van der Waals surface area contributed by atoms with Crippen LogP contribution in [0.2, 0.25) is 5.02 Å². The Bertz CT molecular complexity index is 503. The fraction of sp³-hybridized carbons (Fsp3) is 0.417. The van der Waals surface area contributed by atoms with E-state index >= 15 is 0 Å². The summed E-state index contributed by atoms with van der Waals surface area (Å²) in [6.07, 6.45) is 0.848. The minimum atomic E-state index is -0.387. The second kappa shape index (κ2) is 4.07. The number of methoxy groups -OCH3 is 1. The van der Waals surface area contributed by atoms with E-state index in [0.29, 0.717) is 5.02 Å². The summed E-state index contributed by atoms with van der Waals surface area (Å²) in [5.41, 5.74) is 1.36. The van der Waals surface area contributed by atoms with E-state index in [-0.39, 0.29) is 5.60 Å². The fourth-order valence-electron chi connectivity index (χ4n) is 1.66. The maximum atomic E-state index is 6.08. The van der Waals surface area contributed by atoms with Crippen molar-refractivity contribution in [1.29, 1.82) is 0 Å². The second-order valence-corrected chi connectivity index (χ2v) is 4.42. The van der Waals surface area contributed by atoms with Crippen LogP contribution < -0.4 is 0 Å². The largest absolute Gasteiger partial charge is 0.371 e. The lowest BCUT2D eigenvalue weighted by atomic mass is 10.0. The lowest BCUT2D eigenvalue weighted by molar-refractivity contribution is -0.00803. The zero-order valence-electron chi connectivity index (χ0n) is 9.67. The van der Waals surface area contributed by atoms with Crippen LogP contribution in [0.4, 0.5) is 0 Å². The van der Waals surface area contributed by atoms with E-state index in [4.69, 9.17) is 16.3 Å². The molecule has 1 heterocycles. The summed E-state index contributed by atoms with van der Waals surface area (Å²) >= 11 is 6.08. The van der Waals surface area contributed by atoms with Gasteiger partial charge < -0.3 is 9.72 Å². The molecular weight excluding hydrogens is 224 g/mol. The summed E-state index contributed by atoms with van der Waals surface area (Å²) in [6.45, 7) is 4.08. The summed E-state index contributed by atoms with van der Waals surface area (Å²) in [5.74, 6) is 0.820. The van der Waals surface area contributed by atoms with Gasteiger partial charge in [0.05, 0.1) is 10.5 Å².